The third-order valence-corrected chi connectivity index (χ3v) is 3.89. The summed E-state index contributed by atoms with van der Waals surface area (Å²) in [6, 6.07) is 0. The van der Waals surface area contributed by atoms with Gasteiger partial charge in [-0.3, -0.25) is 0 Å². The lowest BCUT2D eigenvalue weighted by Gasteiger charge is -2.17. The van der Waals surface area contributed by atoms with Crippen molar-refractivity contribution in [1.29, 1.82) is 0 Å². The van der Waals surface area contributed by atoms with Crippen molar-refractivity contribution in [2.75, 3.05) is 19.6 Å². The molecule has 3 atom stereocenters. The van der Waals surface area contributed by atoms with Crippen LogP contribution in [0.25, 0.3) is 0 Å². The summed E-state index contributed by atoms with van der Waals surface area (Å²) >= 11 is 0. The Labute approximate surface area is 96.0 Å². The number of aryl methyl sites for hydroxylation is 1. The van der Waals surface area contributed by atoms with E-state index in [-0.39, 0.29) is 0 Å². The van der Waals surface area contributed by atoms with E-state index in [1.807, 2.05) is 0 Å². The molecule has 1 aromatic heterocycles. The summed E-state index contributed by atoms with van der Waals surface area (Å²) < 4.78 is 5.41. The number of aromatic nitrogens is 2. The number of piperidine rings is 1. The van der Waals surface area contributed by atoms with Gasteiger partial charge in [0.05, 0.1) is 5.92 Å². The van der Waals surface area contributed by atoms with Gasteiger partial charge in [-0.25, -0.2) is 0 Å². The molecular formula is C12H19N3O. The first kappa shape index (κ1) is 10.3. The van der Waals surface area contributed by atoms with Gasteiger partial charge in [0.25, 0.3) is 0 Å². The highest BCUT2D eigenvalue weighted by molar-refractivity contribution is 5.05. The van der Waals surface area contributed by atoms with Crippen molar-refractivity contribution in [3.05, 3.63) is 11.7 Å². The molecule has 0 radical (unpaired) electrons. The number of hydrogen-bond donors (Lipinski definition) is 0. The maximum absolute atomic E-state index is 5.41. The number of nitrogens with zero attached hydrogens (tertiary/aromatic N) is 3. The molecule has 2 bridgehead atoms. The molecule has 3 heterocycles. The minimum absolute atomic E-state index is 0.511. The number of unbranched alkanes of at least 4 members (excludes halogenated alkanes) is 1. The van der Waals surface area contributed by atoms with E-state index < -0.39 is 0 Å². The molecule has 88 valence electrons. The van der Waals surface area contributed by atoms with Crippen LogP contribution in [0.3, 0.4) is 0 Å². The first-order chi connectivity index (χ1) is 7.86. The standard InChI is InChI=1S/C12H19N3O/c1-2-3-4-11-13-12(16-14-11)10-8-15-6-5-9(10)7-15/h9-10H,2-8H2,1H3. The van der Waals surface area contributed by atoms with Crippen LogP contribution in [-0.4, -0.2) is 34.7 Å². The summed E-state index contributed by atoms with van der Waals surface area (Å²) in [5.41, 5.74) is 0. The summed E-state index contributed by atoms with van der Waals surface area (Å²) in [5.74, 6) is 3.06. The minimum Gasteiger partial charge on any atom is -0.339 e. The zero-order valence-electron chi connectivity index (χ0n) is 9.85. The predicted octanol–water partition coefficient (Wildman–Crippen LogP) is 1.83. The Hall–Kier alpha value is -0.900. The Morgan fingerprint density at radius 2 is 2.38 bits per heavy atom. The maximum atomic E-state index is 5.41. The Morgan fingerprint density at radius 3 is 3.06 bits per heavy atom. The molecule has 16 heavy (non-hydrogen) atoms. The van der Waals surface area contributed by atoms with Gasteiger partial charge < -0.3 is 9.42 Å². The van der Waals surface area contributed by atoms with Crippen LogP contribution in [0.15, 0.2) is 4.52 Å². The van der Waals surface area contributed by atoms with Gasteiger partial charge >= 0.3 is 0 Å². The normalized spacial score (nSPS) is 32.4. The third kappa shape index (κ3) is 1.75. The topological polar surface area (TPSA) is 42.2 Å². The zero-order valence-corrected chi connectivity index (χ0v) is 9.85. The SMILES string of the molecule is CCCCc1noc(C2CN3CCC2C3)n1. The summed E-state index contributed by atoms with van der Waals surface area (Å²) in [6.45, 7) is 5.81. The lowest BCUT2D eigenvalue weighted by molar-refractivity contribution is 0.288. The Balaban J connectivity index is 1.68. The summed E-state index contributed by atoms with van der Waals surface area (Å²) in [7, 11) is 0. The van der Waals surface area contributed by atoms with Crippen molar-refractivity contribution < 1.29 is 4.52 Å². The van der Waals surface area contributed by atoms with Crippen LogP contribution in [0.1, 0.15) is 43.8 Å². The minimum atomic E-state index is 0.511. The van der Waals surface area contributed by atoms with Crippen molar-refractivity contribution in [2.24, 2.45) is 5.92 Å². The van der Waals surface area contributed by atoms with Gasteiger partial charge in [-0.15, -0.1) is 0 Å². The molecule has 0 N–H and O–H groups in total. The Morgan fingerprint density at radius 1 is 1.44 bits per heavy atom. The molecule has 0 aliphatic carbocycles. The second kappa shape index (κ2) is 4.17. The van der Waals surface area contributed by atoms with Crippen molar-refractivity contribution in [3.63, 3.8) is 0 Å². The zero-order chi connectivity index (χ0) is 11.0. The molecule has 2 aliphatic heterocycles. The largest absolute Gasteiger partial charge is 0.339 e. The van der Waals surface area contributed by atoms with Gasteiger partial charge in [0.15, 0.2) is 5.82 Å². The van der Waals surface area contributed by atoms with Crippen molar-refractivity contribution in [2.45, 2.75) is 38.5 Å². The van der Waals surface area contributed by atoms with Gasteiger partial charge in [0.2, 0.25) is 5.89 Å². The average Bonchev–Trinajstić information content (AvgIpc) is 3.01. The lowest BCUT2D eigenvalue weighted by Crippen LogP contribution is -2.22. The predicted molar refractivity (Wildman–Crippen MR) is 60.2 cm³/mol. The van der Waals surface area contributed by atoms with Crippen molar-refractivity contribution in [3.8, 4) is 0 Å². The lowest BCUT2D eigenvalue weighted by atomic mass is 9.93. The fourth-order valence-electron chi connectivity index (χ4n) is 2.92. The van der Waals surface area contributed by atoms with Gasteiger partial charge in [-0.05, 0) is 25.3 Å². The second-order valence-corrected chi connectivity index (χ2v) is 5.07. The van der Waals surface area contributed by atoms with Crippen LogP contribution in [-0.2, 0) is 6.42 Å². The van der Waals surface area contributed by atoms with Crippen molar-refractivity contribution >= 4 is 0 Å². The van der Waals surface area contributed by atoms with Crippen LogP contribution < -0.4 is 0 Å². The molecule has 4 nitrogen and oxygen atoms in total. The molecule has 1 aromatic rings. The number of hydrogen-bond acceptors (Lipinski definition) is 4. The molecule has 0 aromatic carbocycles. The van der Waals surface area contributed by atoms with Crippen LogP contribution in [0.5, 0.6) is 0 Å². The molecule has 3 rings (SSSR count). The van der Waals surface area contributed by atoms with Gasteiger partial charge in [0.1, 0.15) is 0 Å². The smallest absolute Gasteiger partial charge is 0.231 e. The van der Waals surface area contributed by atoms with Crippen LogP contribution in [0.4, 0.5) is 0 Å². The number of rotatable bonds is 4. The average molecular weight is 221 g/mol. The molecule has 2 saturated heterocycles. The fourth-order valence-corrected chi connectivity index (χ4v) is 2.92. The van der Waals surface area contributed by atoms with E-state index in [1.165, 1.54) is 25.9 Å². The van der Waals surface area contributed by atoms with E-state index in [0.717, 1.165) is 37.0 Å². The second-order valence-electron chi connectivity index (χ2n) is 5.07. The molecule has 0 amide bonds. The first-order valence-corrected chi connectivity index (χ1v) is 6.41. The van der Waals surface area contributed by atoms with Gasteiger partial charge in [-0.2, -0.15) is 4.98 Å². The molecule has 3 unspecified atom stereocenters. The van der Waals surface area contributed by atoms with Crippen LogP contribution >= 0.6 is 0 Å². The molecule has 2 aliphatic rings. The fraction of sp³-hybridized carbons (Fsp3) is 0.833. The van der Waals surface area contributed by atoms with E-state index in [2.05, 4.69) is 22.0 Å². The summed E-state index contributed by atoms with van der Waals surface area (Å²) in [4.78, 5) is 7.05. The van der Waals surface area contributed by atoms with E-state index >= 15 is 0 Å². The highest BCUT2D eigenvalue weighted by Crippen LogP contribution is 2.38. The van der Waals surface area contributed by atoms with Gasteiger partial charge in [0, 0.05) is 19.5 Å². The number of fused-ring (bicyclic) bond motifs is 2. The molecule has 2 fully saturated rings. The molecule has 0 spiro atoms. The van der Waals surface area contributed by atoms with Crippen LogP contribution in [0.2, 0.25) is 0 Å². The van der Waals surface area contributed by atoms with Crippen LogP contribution in [0, 0.1) is 5.92 Å². The summed E-state index contributed by atoms with van der Waals surface area (Å²) in [6.07, 6.45) is 4.60. The van der Waals surface area contributed by atoms with E-state index in [1.54, 1.807) is 0 Å². The highest BCUT2D eigenvalue weighted by atomic mass is 16.5. The first-order valence-electron chi connectivity index (χ1n) is 6.41. The Bertz CT molecular complexity index is 363. The summed E-state index contributed by atoms with van der Waals surface area (Å²) in [5, 5.41) is 4.08. The van der Waals surface area contributed by atoms with E-state index in [9.17, 15) is 0 Å². The molecule has 0 saturated carbocycles. The molecule has 4 heteroatoms. The third-order valence-electron chi connectivity index (χ3n) is 3.89. The van der Waals surface area contributed by atoms with E-state index in [4.69, 9.17) is 4.52 Å². The Kier molecular flexibility index (Phi) is 2.67. The van der Waals surface area contributed by atoms with Gasteiger partial charge in [-0.1, -0.05) is 18.5 Å². The quantitative estimate of drug-likeness (QED) is 0.778. The van der Waals surface area contributed by atoms with Crippen molar-refractivity contribution in [1.82, 2.24) is 15.0 Å². The maximum Gasteiger partial charge on any atom is 0.231 e. The molecular weight excluding hydrogens is 202 g/mol. The highest BCUT2D eigenvalue weighted by Gasteiger charge is 2.41. The monoisotopic (exact) mass is 221 g/mol. The van der Waals surface area contributed by atoms with E-state index in [0.29, 0.717) is 5.92 Å².